The third-order valence-corrected chi connectivity index (χ3v) is 3.69. The van der Waals surface area contributed by atoms with E-state index in [4.69, 9.17) is 0 Å². The number of aliphatic imine (C=N–C) groups is 1. The molecule has 0 aromatic rings. The van der Waals surface area contributed by atoms with E-state index in [-0.39, 0.29) is 12.5 Å². The summed E-state index contributed by atoms with van der Waals surface area (Å²) in [4.78, 5) is 18.4. The van der Waals surface area contributed by atoms with Crippen LogP contribution in [0.4, 0.5) is 0 Å². The topological polar surface area (TPSA) is 68.8 Å². The van der Waals surface area contributed by atoms with Crippen LogP contribution >= 0.6 is 0 Å². The van der Waals surface area contributed by atoms with Crippen molar-refractivity contribution in [2.75, 3.05) is 39.3 Å². The summed E-state index contributed by atoms with van der Waals surface area (Å²) in [5.41, 5.74) is 0. The highest BCUT2D eigenvalue weighted by Gasteiger charge is 2.07. The minimum Gasteiger partial charge on any atom is -0.357 e. The smallest absolute Gasteiger partial charge is 0.241 e. The van der Waals surface area contributed by atoms with Gasteiger partial charge in [-0.15, -0.1) is 0 Å². The minimum absolute atomic E-state index is 0.0294. The van der Waals surface area contributed by atoms with Crippen LogP contribution in [0.5, 0.6) is 0 Å². The second-order valence-corrected chi connectivity index (χ2v) is 5.76. The minimum atomic E-state index is -0.0294. The molecule has 6 nitrogen and oxygen atoms in total. The van der Waals surface area contributed by atoms with Gasteiger partial charge in [-0.25, -0.2) is 4.99 Å². The third kappa shape index (κ3) is 11.9. The van der Waals surface area contributed by atoms with Crippen LogP contribution in [0.3, 0.4) is 0 Å². The summed E-state index contributed by atoms with van der Waals surface area (Å²) in [6, 6.07) is 0.335. The lowest BCUT2D eigenvalue weighted by Crippen LogP contribution is -2.43. The second kappa shape index (κ2) is 14.3. The monoisotopic (exact) mass is 327 g/mol. The zero-order chi connectivity index (χ0) is 17.5. The van der Waals surface area contributed by atoms with Gasteiger partial charge in [-0.2, -0.15) is 0 Å². The van der Waals surface area contributed by atoms with Gasteiger partial charge in [-0.3, -0.25) is 4.79 Å². The van der Waals surface area contributed by atoms with Crippen molar-refractivity contribution < 1.29 is 4.79 Å². The van der Waals surface area contributed by atoms with Crippen LogP contribution in [0.25, 0.3) is 0 Å². The molecule has 0 aliphatic carbocycles. The van der Waals surface area contributed by atoms with Gasteiger partial charge in [0.05, 0.1) is 0 Å². The molecule has 0 aliphatic rings. The van der Waals surface area contributed by atoms with Gasteiger partial charge in [0.25, 0.3) is 0 Å². The maximum atomic E-state index is 11.6. The van der Waals surface area contributed by atoms with Crippen molar-refractivity contribution >= 4 is 11.9 Å². The largest absolute Gasteiger partial charge is 0.357 e. The maximum Gasteiger partial charge on any atom is 0.241 e. The Kier molecular flexibility index (Phi) is 13.5. The Bertz CT molecular complexity index is 329. The number of amides is 1. The summed E-state index contributed by atoms with van der Waals surface area (Å²) in [6.07, 6.45) is 3.19. The Morgan fingerprint density at radius 1 is 1.13 bits per heavy atom. The van der Waals surface area contributed by atoms with Gasteiger partial charge in [-0.05, 0) is 52.7 Å². The first-order valence-electron chi connectivity index (χ1n) is 9.11. The molecule has 0 heterocycles. The fraction of sp³-hybridized carbons (Fsp3) is 0.882. The Morgan fingerprint density at radius 3 is 2.39 bits per heavy atom. The van der Waals surface area contributed by atoms with E-state index < -0.39 is 0 Å². The van der Waals surface area contributed by atoms with Crippen molar-refractivity contribution in [2.45, 2.75) is 59.9 Å². The molecule has 0 saturated carbocycles. The van der Waals surface area contributed by atoms with Crippen molar-refractivity contribution in [1.29, 1.82) is 0 Å². The maximum absolute atomic E-state index is 11.6. The summed E-state index contributed by atoms with van der Waals surface area (Å²) in [7, 11) is 0. The van der Waals surface area contributed by atoms with Crippen molar-refractivity contribution in [3.8, 4) is 0 Å². The van der Waals surface area contributed by atoms with E-state index in [0.29, 0.717) is 12.6 Å². The molecule has 6 heteroatoms. The van der Waals surface area contributed by atoms with Crippen LogP contribution < -0.4 is 16.0 Å². The first-order chi connectivity index (χ1) is 11.1. The van der Waals surface area contributed by atoms with E-state index in [0.717, 1.165) is 51.4 Å². The highest BCUT2D eigenvalue weighted by Crippen LogP contribution is 1.99. The first kappa shape index (κ1) is 21.7. The van der Waals surface area contributed by atoms with Gasteiger partial charge < -0.3 is 20.9 Å². The molecular formula is C17H37N5O. The predicted molar refractivity (Wildman–Crippen MR) is 98.9 cm³/mol. The predicted octanol–water partition coefficient (Wildman–Crippen LogP) is 1.58. The molecule has 0 bridgehead atoms. The fourth-order valence-electron chi connectivity index (χ4n) is 2.26. The van der Waals surface area contributed by atoms with E-state index in [1.807, 2.05) is 13.8 Å². The molecule has 0 saturated heterocycles. The SMILES string of the molecule is CCCNC(=O)CN=C(NCC)NC(C)CCCN(CC)CC. The quantitative estimate of drug-likeness (QED) is 0.376. The Labute approximate surface area is 142 Å². The van der Waals surface area contributed by atoms with Crippen molar-refractivity contribution in [3.05, 3.63) is 0 Å². The van der Waals surface area contributed by atoms with Gasteiger partial charge in [0.2, 0.25) is 5.91 Å². The Morgan fingerprint density at radius 2 is 1.83 bits per heavy atom. The van der Waals surface area contributed by atoms with E-state index in [9.17, 15) is 4.79 Å². The third-order valence-electron chi connectivity index (χ3n) is 3.69. The average molecular weight is 328 g/mol. The summed E-state index contributed by atoms with van der Waals surface area (Å²) in [5.74, 6) is 0.688. The number of nitrogens with one attached hydrogen (secondary N) is 3. The molecule has 0 spiro atoms. The lowest BCUT2D eigenvalue weighted by atomic mass is 10.2. The second-order valence-electron chi connectivity index (χ2n) is 5.76. The molecule has 0 aliphatic heterocycles. The zero-order valence-electron chi connectivity index (χ0n) is 15.7. The highest BCUT2D eigenvalue weighted by molar-refractivity contribution is 5.85. The molecule has 0 rings (SSSR count). The fourth-order valence-corrected chi connectivity index (χ4v) is 2.26. The van der Waals surface area contributed by atoms with Crippen molar-refractivity contribution in [1.82, 2.24) is 20.9 Å². The summed E-state index contributed by atoms with van der Waals surface area (Å²) in [6.45, 7) is 15.6. The van der Waals surface area contributed by atoms with E-state index in [2.05, 4.69) is 46.6 Å². The Balaban J connectivity index is 4.20. The van der Waals surface area contributed by atoms with Gasteiger partial charge in [0.15, 0.2) is 5.96 Å². The standard InChI is InChI=1S/C17H37N5O/c1-6-12-19-16(23)14-20-17(18-7-2)21-15(5)11-10-13-22(8-3)9-4/h15H,6-14H2,1-5H3,(H,19,23)(H2,18,20,21). The summed E-state index contributed by atoms with van der Waals surface area (Å²) in [5, 5.41) is 9.41. The van der Waals surface area contributed by atoms with Crippen LogP contribution in [-0.2, 0) is 4.79 Å². The molecular weight excluding hydrogens is 290 g/mol. The number of rotatable bonds is 12. The van der Waals surface area contributed by atoms with Gasteiger partial charge in [0.1, 0.15) is 6.54 Å². The molecule has 1 amide bonds. The molecule has 1 atom stereocenters. The number of carbonyl (C=O) groups is 1. The van der Waals surface area contributed by atoms with Crippen LogP contribution in [0.1, 0.15) is 53.9 Å². The highest BCUT2D eigenvalue weighted by atomic mass is 16.1. The van der Waals surface area contributed by atoms with Crippen molar-refractivity contribution in [2.24, 2.45) is 4.99 Å². The number of hydrogen-bond acceptors (Lipinski definition) is 3. The van der Waals surface area contributed by atoms with Crippen LogP contribution in [0, 0.1) is 0 Å². The lowest BCUT2D eigenvalue weighted by molar-refractivity contribution is -0.119. The summed E-state index contributed by atoms with van der Waals surface area (Å²) >= 11 is 0. The molecule has 0 radical (unpaired) electrons. The molecule has 0 aromatic heterocycles. The first-order valence-corrected chi connectivity index (χ1v) is 9.11. The molecule has 0 fully saturated rings. The molecule has 0 aromatic carbocycles. The van der Waals surface area contributed by atoms with E-state index in [1.54, 1.807) is 0 Å². The number of hydrogen-bond donors (Lipinski definition) is 3. The molecule has 1 unspecified atom stereocenters. The molecule has 23 heavy (non-hydrogen) atoms. The van der Waals surface area contributed by atoms with Gasteiger partial charge in [0, 0.05) is 19.1 Å². The normalized spacial score (nSPS) is 13.0. The summed E-state index contributed by atoms with van der Waals surface area (Å²) < 4.78 is 0. The number of nitrogens with zero attached hydrogens (tertiary/aromatic N) is 2. The van der Waals surface area contributed by atoms with E-state index >= 15 is 0 Å². The molecule has 3 N–H and O–H groups in total. The van der Waals surface area contributed by atoms with Crippen LogP contribution in [0.2, 0.25) is 0 Å². The number of carbonyl (C=O) groups excluding carboxylic acids is 1. The lowest BCUT2D eigenvalue weighted by Gasteiger charge is -2.21. The van der Waals surface area contributed by atoms with E-state index in [1.165, 1.54) is 0 Å². The molecule has 136 valence electrons. The number of guanidine groups is 1. The van der Waals surface area contributed by atoms with Crippen molar-refractivity contribution in [3.63, 3.8) is 0 Å². The van der Waals surface area contributed by atoms with Gasteiger partial charge >= 0.3 is 0 Å². The Hall–Kier alpha value is -1.30. The van der Waals surface area contributed by atoms with Crippen LogP contribution in [0.15, 0.2) is 4.99 Å². The average Bonchev–Trinajstić information content (AvgIpc) is 2.54. The zero-order valence-corrected chi connectivity index (χ0v) is 15.7. The van der Waals surface area contributed by atoms with Crippen LogP contribution in [-0.4, -0.2) is 62.1 Å². The van der Waals surface area contributed by atoms with Gasteiger partial charge in [-0.1, -0.05) is 20.8 Å².